The first kappa shape index (κ1) is 14.4. The molecule has 0 radical (unpaired) electrons. The monoisotopic (exact) mass is 321 g/mol. The molecule has 1 unspecified atom stereocenters. The van der Waals surface area contributed by atoms with E-state index in [2.05, 4.69) is 10.6 Å². The Morgan fingerprint density at radius 1 is 0.958 bits per heavy atom. The van der Waals surface area contributed by atoms with Crippen molar-refractivity contribution in [2.45, 2.75) is 12.5 Å². The highest BCUT2D eigenvalue weighted by molar-refractivity contribution is 6.15. The topological polar surface area (TPSA) is 78.5 Å². The lowest BCUT2D eigenvalue weighted by atomic mass is 9.99. The van der Waals surface area contributed by atoms with Gasteiger partial charge in [0.1, 0.15) is 6.04 Å². The molecule has 120 valence electrons. The highest BCUT2D eigenvalue weighted by Gasteiger charge is 2.41. The maximum atomic E-state index is 12.4. The Kier molecular flexibility index (Phi) is 3.30. The summed E-state index contributed by atoms with van der Waals surface area (Å²) in [5, 5.41) is 5.42. The van der Waals surface area contributed by atoms with E-state index in [-0.39, 0.29) is 24.8 Å². The van der Waals surface area contributed by atoms with Gasteiger partial charge in [0.05, 0.1) is 24.3 Å². The van der Waals surface area contributed by atoms with Gasteiger partial charge in [0.2, 0.25) is 17.7 Å². The number of carbonyl (C=O) groups is 3. The zero-order valence-corrected chi connectivity index (χ0v) is 12.8. The lowest BCUT2D eigenvalue weighted by molar-refractivity contribution is -0.126. The molecular weight excluding hydrogens is 306 g/mol. The lowest BCUT2D eigenvalue weighted by Crippen LogP contribution is -2.49. The summed E-state index contributed by atoms with van der Waals surface area (Å²) < 4.78 is 0. The van der Waals surface area contributed by atoms with E-state index >= 15 is 0 Å². The van der Waals surface area contributed by atoms with Gasteiger partial charge in [-0.3, -0.25) is 24.6 Å². The van der Waals surface area contributed by atoms with E-state index in [0.717, 1.165) is 16.8 Å². The van der Waals surface area contributed by atoms with Gasteiger partial charge in [-0.05, 0) is 11.6 Å². The first-order valence-corrected chi connectivity index (χ1v) is 7.73. The molecule has 2 aliphatic heterocycles. The summed E-state index contributed by atoms with van der Waals surface area (Å²) in [5.41, 5.74) is 3.40. The molecule has 0 spiro atoms. The largest absolute Gasteiger partial charge is 0.374 e. The van der Waals surface area contributed by atoms with Crippen molar-refractivity contribution in [1.82, 2.24) is 5.32 Å². The number of amides is 3. The number of imide groups is 1. The van der Waals surface area contributed by atoms with Crippen molar-refractivity contribution in [3.63, 3.8) is 0 Å². The molecular formula is C18H15N3O3. The second-order valence-corrected chi connectivity index (χ2v) is 5.82. The van der Waals surface area contributed by atoms with Gasteiger partial charge in [-0.25, -0.2) is 0 Å². The molecule has 1 saturated heterocycles. The van der Waals surface area contributed by atoms with E-state index in [4.69, 9.17) is 0 Å². The van der Waals surface area contributed by atoms with Crippen LogP contribution in [0.3, 0.4) is 0 Å². The number of para-hydroxylation sites is 1. The molecule has 3 amide bonds. The molecule has 6 nitrogen and oxygen atoms in total. The van der Waals surface area contributed by atoms with Crippen LogP contribution in [0.4, 0.5) is 11.4 Å². The summed E-state index contributed by atoms with van der Waals surface area (Å²) in [6.45, 7) is 0.0921. The summed E-state index contributed by atoms with van der Waals surface area (Å²) in [6, 6.07) is 14.6. The van der Waals surface area contributed by atoms with E-state index in [1.165, 1.54) is 4.90 Å². The number of rotatable bonds is 2. The van der Waals surface area contributed by atoms with Crippen molar-refractivity contribution in [2.24, 2.45) is 0 Å². The average molecular weight is 321 g/mol. The van der Waals surface area contributed by atoms with E-state index < -0.39 is 11.9 Å². The second-order valence-electron chi connectivity index (χ2n) is 5.82. The Labute approximate surface area is 138 Å². The van der Waals surface area contributed by atoms with Crippen LogP contribution in [0.5, 0.6) is 0 Å². The summed E-state index contributed by atoms with van der Waals surface area (Å²) in [7, 11) is 0. The van der Waals surface area contributed by atoms with E-state index in [1.807, 2.05) is 42.5 Å². The van der Waals surface area contributed by atoms with Crippen LogP contribution < -0.4 is 15.5 Å². The highest BCUT2D eigenvalue weighted by Crippen LogP contribution is 2.39. The number of nitrogens with zero attached hydrogens (tertiary/aromatic N) is 1. The fraction of sp³-hybridized carbons (Fsp3) is 0.167. The Balaban J connectivity index is 1.83. The standard InChI is InChI=1S/C18H15N3O3/c22-15-9-14(18(24)20-15)21-13-8-4-7-12(11-5-2-1-3-6-11)17(13)19-10-16(21)23/h1-8,14,19H,9-10H2,(H,20,22,24). The smallest absolute Gasteiger partial charge is 0.250 e. The molecule has 2 N–H and O–H groups in total. The third-order valence-electron chi connectivity index (χ3n) is 4.33. The number of hydrogen-bond donors (Lipinski definition) is 2. The first-order valence-electron chi connectivity index (χ1n) is 7.73. The van der Waals surface area contributed by atoms with Crippen LogP contribution in [0.2, 0.25) is 0 Å². The van der Waals surface area contributed by atoms with Gasteiger partial charge >= 0.3 is 0 Å². The van der Waals surface area contributed by atoms with Crippen LogP contribution in [0.1, 0.15) is 6.42 Å². The Morgan fingerprint density at radius 2 is 1.75 bits per heavy atom. The summed E-state index contributed by atoms with van der Waals surface area (Å²) in [6.07, 6.45) is -0.000419. The molecule has 4 rings (SSSR count). The summed E-state index contributed by atoms with van der Waals surface area (Å²) >= 11 is 0. The van der Waals surface area contributed by atoms with Crippen LogP contribution in [-0.4, -0.2) is 30.3 Å². The summed E-state index contributed by atoms with van der Waals surface area (Å²) in [4.78, 5) is 37.4. The minimum Gasteiger partial charge on any atom is -0.374 e. The maximum absolute atomic E-state index is 12.4. The molecule has 0 saturated carbocycles. The molecule has 2 aromatic carbocycles. The molecule has 2 aliphatic rings. The fourth-order valence-corrected chi connectivity index (χ4v) is 3.26. The van der Waals surface area contributed by atoms with Gasteiger partial charge in [0.15, 0.2) is 0 Å². The normalized spacial score (nSPS) is 19.8. The van der Waals surface area contributed by atoms with Crippen molar-refractivity contribution in [3.05, 3.63) is 48.5 Å². The van der Waals surface area contributed by atoms with Crippen molar-refractivity contribution < 1.29 is 14.4 Å². The molecule has 1 fully saturated rings. The van der Waals surface area contributed by atoms with Crippen LogP contribution in [0.15, 0.2) is 48.5 Å². The third-order valence-corrected chi connectivity index (χ3v) is 4.33. The van der Waals surface area contributed by atoms with Crippen molar-refractivity contribution in [3.8, 4) is 11.1 Å². The number of benzene rings is 2. The van der Waals surface area contributed by atoms with Crippen LogP contribution in [0, 0.1) is 0 Å². The fourth-order valence-electron chi connectivity index (χ4n) is 3.26. The molecule has 1 atom stereocenters. The Bertz CT molecular complexity index is 848. The van der Waals surface area contributed by atoms with Gasteiger partial charge < -0.3 is 5.32 Å². The number of anilines is 2. The quantitative estimate of drug-likeness (QED) is 0.822. The highest BCUT2D eigenvalue weighted by atomic mass is 16.2. The second kappa shape index (κ2) is 5.49. The van der Waals surface area contributed by atoms with Gasteiger partial charge in [0, 0.05) is 5.56 Å². The summed E-state index contributed by atoms with van der Waals surface area (Å²) in [5.74, 6) is -0.994. The zero-order chi connectivity index (χ0) is 16.7. The van der Waals surface area contributed by atoms with Gasteiger partial charge in [-0.2, -0.15) is 0 Å². The lowest BCUT2D eigenvalue weighted by Gasteiger charge is -2.34. The van der Waals surface area contributed by atoms with E-state index in [1.54, 1.807) is 6.07 Å². The van der Waals surface area contributed by atoms with Gasteiger partial charge in [-0.1, -0.05) is 42.5 Å². The van der Waals surface area contributed by atoms with Crippen molar-refractivity contribution in [2.75, 3.05) is 16.8 Å². The van der Waals surface area contributed by atoms with Gasteiger partial charge in [-0.15, -0.1) is 0 Å². The molecule has 0 aliphatic carbocycles. The number of hydrogen-bond acceptors (Lipinski definition) is 4. The predicted octanol–water partition coefficient (Wildman–Crippen LogP) is 1.53. The van der Waals surface area contributed by atoms with E-state index in [9.17, 15) is 14.4 Å². The minimum atomic E-state index is -0.781. The number of nitrogens with one attached hydrogen (secondary N) is 2. The predicted molar refractivity (Wildman–Crippen MR) is 89.4 cm³/mol. The zero-order valence-electron chi connectivity index (χ0n) is 12.8. The first-order chi connectivity index (χ1) is 11.6. The number of carbonyl (C=O) groups excluding carboxylic acids is 3. The number of fused-ring (bicyclic) bond motifs is 1. The molecule has 2 heterocycles. The van der Waals surface area contributed by atoms with Crippen LogP contribution >= 0.6 is 0 Å². The third kappa shape index (κ3) is 2.23. The van der Waals surface area contributed by atoms with Gasteiger partial charge in [0.25, 0.3) is 0 Å². The molecule has 0 aromatic heterocycles. The SMILES string of the molecule is O=C1CC(N2C(=O)CNc3c(-c4ccccc4)cccc32)C(=O)N1. The maximum Gasteiger partial charge on any atom is 0.250 e. The Hall–Kier alpha value is -3.15. The molecule has 2 aromatic rings. The Morgan fingerprint density at radius 3 is 2.46 bits per heavy atom. The van der Waals surface area contributed by atoms with Crippen molar-refractivity contribution >= 4 is 29.1 Å². The average Bonchev–Trinajstić information content (AvgIpc) is 2.93. The molecule has 6 heteroatoms. The molecule has 0 bridgehead atoms. The van der Waals surface area contributed by atoms with Crippen LogP contribution in [0.25, 0.3) is 11.1 Å². The minimum absolute atomic E-state index is 0.000419. The molecule has 24 heavy (non-hydrogen) atoms. The van der Waals surface area contributed by atoms with Crippen molar-refractivity contribution in [1.29, 1.82) is 0 Å². The van der Waals surface area contributed by atoms with Crippen LogP contribution in [-0.2, 0) is 14.4 Å². The van der Waals surface area contributed by atoms with E-state index in [0.29, 0.717) is 5.69 Å².